The monoisotopic (exact) mass is 329 g/mol. The number of rotatable bonds is 5. The van der Waals surface area contributed by atoms with E-state index in [1.807, 2.05) is 36.6 Å². The van der Waals surface area contributed by atoms with Gasteiger partial charge in [0.25, 0.3) is 0 Å². The standard InChI is InChI=1S/C16H15N3OS2/c1-12-4-5-13(22-12)6-7-16(20)18-15-8-9-17-19(15)11-14-3-2-10-21-14/h2-10H,11H2,1H3,(H,18,20)/b7-6-. The van der Waals surface area contributed by atoms with Gasteiger partial charge in [-0.2, -0.15) is 5.10 Å². The highest BCUT2D eigenvalue weighted by atomic mass is 32.1. The maximum Gasteiger partial charge on any atom is 0.249 e. The van der Waals surface area contributed by atoms with Crippen LogP contribution in [0.5, 0.6) is 0 Å². The van der Waals surface area contributed by atoms with E-state index < -0.39 is 0 Å². The predicted molar refractivity (Wildman–Crippen MR) is 92.4 cm³/mol. The van der Waals surface area contributed by atoms with Crippen molar-refractivity contribution in [2.75, 3.05) is 5.32 Å². The molecule has 4 nitrogen and oxygen atoms in total. The Morgan fingerprint density at radius 1 is 1.36 bits per heavy atom. The molecule has 0 unspecified atom stereocenters. The Hall–Kier alpha value is -2.18. The van der Waals surface area contributed by atoms with Gasteiger partial charge in [-0.25, -0.2) is 4.68 Å². The smallest absolute Gasteiger partial charge is 0.249 e. The van der Waals surface area contributed by atoms with Crippen LogP contribution < -0.4 is 5.32 Å². The largest absolute Gasteiger partial charge is 0.307 e. The highest BCUT2D eigenvalue weighted by Gasteiger charge is 2.06. The second-order valence-electron chi connectivity index (χ2n) is 4.72. The molecule has 0 saturated heterocycles. The third-order valence-electron chi connectivity index (χ3n) is 3.01. The molecule has 3 aromatic rings. The zero-order valence-electron chi connectivity index (χ0n) is 12.0. The number of anilines is 1. The van der Waals surface area contributed by atoms with Crippen LogP contribution in [0.25, 0.3) is 6.08 Å². The van der Waals surface area contributed by atoms with Crippen molar-refractivity contribution < 1.29 is 4.79 Å². The molecule has 0 aliphatic rings. The maximum atomic E-state index is 12.0. The van der Waals surface area contributed by atoms with E-state index in [-0.39, 0.29) is 5.91 Å². The number of carbonyl (C=O) groups excluding carboxylic acids is 1. The maximum absolute atomic E-state index is 12.0. The lowest BCUT2D eigenvalue weighted by atomic mass is 10.4. The Morgan fingerprint density at radius 3 is 3.00 bits per heavy atom. The van der Waals surface area contributed by atoms with Crippen molar-refractivity contribution in [1.82, 2.24) is 9.78 Å². The second-order valence-corrected chi connectivity index (χ2v) is 7.08. The molecule has 0 aliphatic carbocycles. The van der Waals surface area contributed by atoms with E-state index in [9.17, 15) is 4.79 Å². The summed E-state index contributed by atoms with van der Waals surface area (Å²) in [6, 6.07) is 9.91. The van der Waals surface area contributed by atoms with Gasteiger partial charge in [0.2, 0.25) is 5.91 Å². The summed E-state index contributed by atoms with van der Waals surface area (Å²) < 4.78 is 1.78. The molecule has 3 heterocycles. The summed E-state index contributed by atoms with van der Waals surface area (Å²) in [4.78, 5) is 15.5. The highest BCUT2D eigenvalue weighted by Crippen LogP contribution is 2.17. The van der Waals surface area contributed by atoms with Crippen LogP contribution in [0, 0.1) is 6.92 Å². The minimum Gasteiger partial charge on any atom is -0.307 e. The van der Waals surface area contributed by atoms with Gasteiger partial charge < -0.3 is 5.32 Å². The fraction of sp³-hybridized carbons (Fsp3) is 0.125. The molecule has 0 fully saturated rings. The van der Waals surface area contributed by atoms with Gasteiger partial charge in [0.15, 0.2) is 0 Å². The Morgan fingerprint density at radius 2 is 2.27 bits per heavy atom. The first-order valence-corrected chi connectivity index (χ1v) is 8.50. The number of aromatic nitrogens is 2. The normalized spacial score (nSPS) is 11.1. The van der Waals surface area contributed by atoms with Crippen molar-refractivity contribution in [3.05, 3.63) is 62.6 Å². The molecular formula is C16H15N3OS2. The molecule has 112 valence electrons. The van der Waals surface area contributed by atoms with Crippen molar-refractivity contribution in [1.29, 1.82) is 0 Å². The summed E-state index contributed by atoms with van der Waals surface area (Å²) in [6.45, 7) is 2.71. The second kappa shape index (κ2) is 6.72. The molecule has 0 aromatic carbocycles. The molecule has 22 heavy (non-hydrogen) atoms. The Bertz CT molecular complexity index is 784. The van der Waals surface area contributed by atoms with E-state index >= 15 is 0 Å². The summed E-state index contributed by atoms with van der Waals surface area (Å²) in [5, 5.41) is 9.15. The van der Waals surface area contributed by atoms with Crippen LogP contribution in [0.1, 0.15) is 14.6 Å². The number of nitrogens with zero attached hydrogens (tertiary/aromatic N) is 2. The quantitative estimate of drug-likeness (QED) is 0.719. The number of nitrogens with one attached hydrogen (secondary N) is 1. The van der Waals surface area contributed by atoms with Gasteiger partial charge in [-0.3, -0.25) is 4.79 Å². The minimum atomic E-state index is -0.154. The molecule has 0 atom stereocenters. The van der Waals surface area contributed by atoms with Crippen LogP contribution in [0.15, 0.2) is 48.0 Å². The molecule has 6 heteroatoms. The van der Waals surface area contributed by atoms with Gasteiger partial charge in [-0.15, -0.1) is 22.7 Å². The van der Waals surface area contributed by atoms with Gasteiger partial charge in [0, 0.05) is 26.8 Å². The van der Waals surface area contributed by atoms with Crippen LogP contribution in [0.3, 0.4) is 0 Å². The lowest BCUT2D eigenvalue weighted by Gasteiger charge is -2.06. The van der Waals surface area contributed by atoms with Crippen LogP contribution in [0.4, 0.5) is 5.82 Å². The average Bonchev–Trinajstić information content (AvgIpc) is 3.22. The van der Waals surface area contributed by atoms with Gasteiger partial charge in [-0.05, 0) is 36.6 Å². The van der Waals surface area contributed by atoms with E-state index in [0.717, 1.165) is 4.88 Å². The third-order valence-corrected chi connectivity index (χ3v) is 4.84. The van der Waals surface area contributed by atoms with Crippen LogP contribution in [-0.2, 0) is 11.3 Å². The predicted octanol–water partition coefficient (Wildman–Crippen LogP) is 4.01. The molecule has 1 amide bonds. The van der Waals surface area contributed by atoms with Gasteiger partial charge in [0.1, 0.15) is 5.82 Å². The first kappa shape index (κ1) is 14.7. The summed E-state index contributed by atoms with van der Waals surface area (Å²) in [5.41, 5.74) is 0. The number of aryl methyl sites for hydroxylation is 1. The van der Waals surface area contributed by atoms with E-state index in [0.29, 0.717) is 12.4 Å². The molecule has 0 bridgehead atoms. The van der Waals surface area contributed by atoms with Crippen molar-refractivity contribution in [2.45, 2.75) is 13.5 Å². The van der Waals surface area contributed by atoms with Gasteiger partial charge in [0.05, 0.1) is 12.7 Å². The number of amides is 1. The van der Waals surface area contributed by atoms with Crippen molar-refractivity contribution in [2.24, 2.45) is 0 Å². The molecule has 3 rings (SSSR count). The zero-order chi connectivity index (χ0) is 15.4. The fourth-order valence-electron chi connectivity index (χ4n) is 1.98. The fourth-order valence-corrected chi connectivity index (χ4v) is 3.45. The summed E-state index contributed by atoms with van der Waals surface area (Å²) in [7, 11) is 0. The molecular weight excluding hydrogens is 314 g/mol. The van der Waals surface area contributed by atoms with Crippen molar-refractivity contribution in [3.63, 3.8) is 0 Å². The molecule has 0 saturated carbocycles. The lowest BCUT2D eigenvalue weighted by Crippen LogP contribution is -2.13. The molecule has 3 aromatic heterocycles. The SMILES string of the molecule is Cc1ccc(/C=C\C(=O)Nc2ccnn2Cc2cccs2)s1. The average molecular weight is 329 g/mol. The minimum absolute atomic E-state index is 0.154. The van der Waals surface area contributed by atoms with Crippen LogP contribution in [0.2, 0.25) is 0 Å². The highest BCUT2D eigenvalue weighted by molar-refractivity contribution is 7.12. The van der Waals surface area contributed by atoms with Crippen LogP contribution >= 0.6 is 22.7 Å². The third kappa shape index (κ3) is 3.72. The summed E-state index contributed by atoms with van der Waals surface area (Å²) >= 11 is 3.33. The first-order valence-electron chi connectivity index (χ1n) is 6.80. The van der Waals surface area contributed by atoms with Crippen LogP contribution in [-0.4, -0.2) is 15.7 Å². The lowest BCUT2D eigenvalue weighted by molar-refractivity contribution is -0.111. The van der Waals surface area contributed by atoms with Gasteiger partial charge in [-0.1, -0.05) is 6.07 Å². The number of hydrogen-bond acceptors (Lipinski definition) is 4. The Labute approximate surface area is 136 Å². The number of hydrogen-bond donors (Lipinski definition) is 1. The van der Waals surface area contributed by atoms with E-state index in [1.54, 1.807) is 45.7 Å². The van der Waals surface area contributed by atoms with E-state index in [1.165, 1.54) is 9.75 Å². The zero-order valence-corrected chi connectivity index (χ0v) is 13.7. The first-order chi connectivity index (χ1) is 10.7. The molecule has 0 radical (unpaired) electrons. The molecule has 1 N–H and O–H groups in total. The molecule has 0 spiro atoms. The number of thiophene rings is 2. The van der Waals surface area contributed by atoms with E-state index in [2.05, 4.69) is 16.5 Å². The van der Waals surface area contributed by atoms with Crippen molar-refractivity contribution in [3.8, 4) is 0 Å². The van der Waals surface area contributed by atoms with Crippen molar-refractivity contribution >= 4 is 40.5 Å². The molecule has 0 aliphatic heterocycles. The Balaban J connectivity index is 1.64. The topological polar surface area (TPSA) is 46.9 Å². The summed E-state index contributed by atoms with van der Waals surface area (Å²) in [6.07, 6.45) is 5.07. The van der Waals surface area contributed by atoms with E-state index in [4.69, 9.17) is 0 Å². The van der Waals surface area contributed by atoms with Gasteiger partial charge >= 0.3 is 0 Å². The number of carbonyl (C=O) groups is 1. The summed E-state index contributed by atoms with van der Waals surface area (Å²) in [5.74, 6) is 0.546. The Kier molecular flexibility index (Phi) is 4.50.